The number of allylic oxidation sites excluding steroid dienone is 2. The first-order valence-electron chi connectivity index (χ1n) is 11.3. The van der Waals surface area contributed by atoms with E-state index in [9.17, 15) is 19.8 Å². The molecular formula is C26H36O5. The lowest BCUT2D eigenvalue weighted by Gasteiger charge is -2.16. The number of ketones is 1. The fraction of sp³-hybridized carbons (Fsp3) is 0.538. The largest absolute Gasteiger partial charge is 0.463 e. The highest BCUT2D eigenvalue weighted by Gasteiger charge is 2.39. The summed E-state index contributed by atoms with van der Waals surface area (Å²) in [6.45, 7) is 3.66. The van der Waals surface area contributed by atoms with Crippen molar-refractivity contribution < 1.29 is 24.5 Å². The SMILES string of the molecule is CC(C)OC(=O)CCC/C=C/CC1C(=O)CC(O)C1/C=C/C(O)CCc1ccccc1. The number of aliphatic hydroxyl groups is 2. The van der Waals surface area contributed by atoms with E-state index in [4.69, 9.17) is 4.74 Å². The standard InChI is InChI=1S/C26H36O5/c1-19(2)31-26(30)13-9-4-3-8-12-22-23(25(29)18-24(22)28)17-16-21(27)15-14-20-10-6-5-7-11-20/h3,5-8,10-11,16-17,19,21-23,25,27,29H,4,9,12-15,18H2,1-2H3/b8-3+,17-16+. The van der Waals surface area contributed by atoms with Crippen LogP contribution in [0.1, 0.15) is 57.9 Å². The van der Waals surface area contributed by atoms with Crippen molar-refractivity contribution in [1.82, 2.24) is 0 Å². The maximum Gasteiger partial charge on any atom is 0.306 e. The molecule has 170 valence electrons. The molecule has 0 amide bonds. The van der Waals surface area contributed by atoms with Crippen molar-refractivity contribution in [2.24, 2.45) is 11.8 Å². The number of carbonyl (C=O) groups is 2. The minimum Gasteiger partial charge on any atom is -0.463 e. The van der Waals surface area contributed by atoms with Crippen LogP contribution in [0.3, 0.4) is 0 Å². The molecule has 2 N–H and O–H groups in total. The minimum absolute atomic E-state index is 0.0612. The van der Waals surface area contributed by atoms with E-state index in [1.54, 1.807) is 6.08 Å². The van der Waals surface area contributed by atoms with Gasteiger partial charge in [0.25, 0.3) is 0 Å². The van der Waals surface area contributed by atoms with Crippen molar-refractivity contribution >= 4 is 11.8 Å². The van der Waals surface area contributed by atoms with Crippen LogP contribution in [0.2, 0.25) is 0 Å². The number of ether oxygens (including phenoxy) is 1. The van der Waals surface area contributed by atoms with Crippen LogP contribution in [-0.4, -0.2) is 40.3 Å². The van der Waals surface area contributed by atoms with Gasteiger partial charge in [-0.25, -0.2) is 0 Å². The fourth-order valence-corrected chi connectivity index (χ4v) is 3.89. The molecule has 1 saturated carbocycles. The number of esters is 1. The van der Waals surface area contributed by atoms with Gasteiger partial charge < -0.3 is 14.9 Å². The van der Waals surface area contributed by atoms with Crippen molar-refractivity contribution in [3.8, 4) is 0 Å². The number of Topliss-reactive ketones (excluding diaryl/α,β-unsaturated/α-hetero) is 1. The molecule has 0 saturated heterocycles. The molecule has 0 spiro atoms. The second-order valence-corrected chi connectivity index (χ2v) is 8.54. The Kier molecular flexibility index (Phi) is 10.7. The summed E-state index contributed by atoms with van der Waals surface area (Å²) in [5.41, 5.74) is 1.17. The van der Waals surface area contributed by atoms with Gasteiger partial charge in [-0.2, -0.15) is 0 Å². The number of aryl methyl sites for hydroxylation is 1. The third kappa shape index (κ3) is 9.19. The number of benzene rings is 1. The van der Waals surface area contributed by atoms with Crippen LogP contribution in [-0.2, 0) is 20.7 Å². The van der Waals surface area contributed by atoms with Gasteiger partial charge in [-0.1, -0.05) is 54.6 Å². The van der Waals surface area contributed by atoms with E-state index in [0.717, 1.165) is 12.8 Å². The quantitative estimate of drug-likeness (QED) is 0.297. The summed E-state index contributed by atoms with van der Waals surface area (Å²) in [5.74, 6) is -0.668. The lowest BCUT2D eigenvalue weighted by atomic mass is 9.90. The summed E-state index contributed by atoms with van der Waals surface area (Å²) in [6.07, 6.45) is 10.00. The highest BCUT2D eigenvalue weighted by molar-refractivity contribution is 5.84. The van der Waals surface area contributed by atoms with Gasteiger partial charge in [0.15, 0.2) is 0 Å². The molecule has 1 aromatic rings. The van der Waals surface area contributed by atoms with Gasteiger partial charge in [0, 0.05) is 24.7 Å². The smallest absolute Gasteiger partial charge is 0.306 e. The average Bonchev–Trinajstić information content (AvgIpc) is 3.00. The summed E-state index contributed by atoms with van der Waals surface area (Å²) >= 11 is 0. The lowest BCUT2D eigenvalue weighted by molar-refractivity contribution is -0.147. The van der Waals surface area contributed by atoms with E-state index in [-0.39, 0.29) is 36.1 Å². The maximum atomic E-state index is 12.3. The zero-order valence-corrected chi connectivity index (χ0v) is 18.7. The normalized spacial score (nSPS) is 22.6. The van der Waals surface area contributed by atoms with E-state index in [1.165, 1.54) is 5.56 Å². The molecule has 1 aromatic carbocycles. The summed E-state index contributed by atoms with van der Waals surface area (Å²) in [6, 6.07) is 9.99. The Morgan fingerprint density at radius 3 is 2.68 bits per heavy atom. The molecule has 31 heavy (non-hydrogen) atoms. The number of carbonyl (C=O) groups excluding carboxylic acids is 2. The molecule has 0 radical (unpaired) electrons. The third-order valence-electron chi connectivity index (χ3n) is 5.54. The van der Waals surface area contributed by atoms with Crippen molar-refractivity contribution in [3.05, 3.63) is 60.2 Å². The van der Waals surface area contributed by atoms with Gasteiger partial charge in [-0.15, -0.1) is 0 Å². The van der Waals surface area contributed by atoms with Gasteiger partial charge >= 0.3 is 5.97 Å². The molecule has 1 aliphatic carbocycles. The van der Waals surface area contributed by atoms with E-state index < -0.39 is 12.2 Å². The van der Waals surface area contributed by atoms with Crippen molar-refractivity contribution in [1.29, 1.82) is 0 Å². The first-order valence-corrected chi connectivity index (χ1v) is 11.3. The number of aliphatic hydroxyl groups excluding tert-OH is 2. The number of unbranched alkanes of at least 4 members (excludes halogenated alkanes) is 1. The molecule has 0 heterocycles. The van der Waals surface area contributed by atoms with Gasteiger partial charge in [-0.05, 0) is 51.5 Å². The van der Waals surface area contributed by atoms with Crippen LogP contribution in [0.15, 0.2) is 54.6 Å². The highest BCUT2D eigenvalue weighted by Crippen LogP contribution is 2.33. The van der Waals surface area contributed by atoms with Crippen molar-refractivity contribution in [2.75, 3.05) is 0 Å². The Hall–Kier alpha value is -2.24. The monoisotopic (exact) mass is 428 g/mol. The molecule has 2 rings (SSSR count). The molecule has 4 atom stereocenters. The van der Waals surface area contributed by atoms with Crippen molar-refractivity contribution in [2.45, 2.75) is 77.1 Å². The van der Waals surface area contributed by atoms with E-state index in [0.29, 0.717) is 25.7 Å². The lowest BCUT2D eigenvalue weighted by Crippen LogP contribution is -2.19. The molecule has 1 fully saturated rings. The van der Waals surface area contributed by atoms with E-state index in [1.807, 2.05) is 62.4 Å². The van der Waals surface area contributed by atoms with Gasteiger partial charge in [0.2, 0.25) is 0 Å². The molecule has 1 aliphatic rings. The molecule has 5 heteroatoms. The Balaban J connectivity index is 1.77. The van der Waals surface area contributed by atoms with Crippen LogP contribution in [0, 0.1) is 11.8 Å². The zero-order valence-electron chi connectivity index (χ0n) is 18.7. The second kappa shape index (κ2) is 13.2. The second-order valence-electron chi connectivity index (χ2n) is 8.54. The van der Waals surface area contributed by atoms with Crippen LogP contribution >= 0.6 is 0 Å². The third-order valence-corrected chi connectivity index (χ3v) is 5.54. The number of hydrogen-bond donors (Lipinski definition) is 2. The van der Waals surface area contributed by atoms with Gasteiger partial charge in [0.05, 0.1) is 18.3 Å². The fourth-order valence-electron chi connectivity index (χ4n) is 3.89. The van der Waals surface area contributed by atoms with Crippen LogP contribution in [0.5, 0.6) is 0 Å². The zero-order chi connectivity index (χ0) is 22.6. The molecule has 0 aliphatic heterocycles. The molecule has 5 nitrogen and oxygen atoms in total. The molecule has 4 unspecified atom stereocenters. The van der Waals surface area contributed by atoms with Crippen LogP contribution in [0.4, 0.5) is 0 Å². The Morgan fingerprint density at radius 2 is 1.97 bits per heavy atom. The van der Waals surface area contributed by atoms with Gasteiger partial charge in [0.1, 0.15) is 5.78 Å². The summed E-state index contributed by atoms with van der Waals surface area (Å²) in [4.78, 5) is 23.8. The molecule has 0 bridgehead atoms. The minimum atomic E-state index is -0.700. The van der Waals surface area contributed by atoms with E-state index >= 15 is 0 Å². The predicted molar refractivity (Wildman–Crippen MR) is 121 cm³/mol. The van der Waals surface area contributed by atoms with Gasteiger partial charge in [-0.3, -0.25) is 9.59 Å². The Labute approximate surface area is 185 Å². The average molecular weight is 429 g/mol. The Morgan fingerprint density at radius 1 is 1.23 bits per heavy atom. The van der Waals surface area contributed by atoms with Crippen molar-refractivity contribution in [3.63, 3.8) is 0 Å². The first kappa shape index (κ1) is 25.0. The summed E-state index contributed by atoms with van der Waals surface area (Å²) in [5, 5.41) is 20.6. The summed E-state index contributed by atoms with van der Waals surface area (Å²) < 4.78 is 5.10. The number of hydrogen-bond acceptors (Lipinski definition) is 5. The number of rotatable bonds is 12. The first-order chi connectivity index (χ1) is 14.9. The Bertz CT molecular complexity index is 737. The topological polar surface area (TPSA) is 83.8 Å². The molecular weight excluding hydrogens is 392 g/mol. The highest BCUT2D eigenvalue weighted by atomic mass is 16.5. The molecule has 0 aromatic heterocycles. The van der Waals surface area contributed by atoms with Crippen LogP contribution in [0.25, 0.3) is 0 Å². The van der Waals surface area contributed by atoms with E-state index in [2.05, 4.69) is 0 Å². The maximum absolute atomic E-state index is 12.3. The summed E-state index contributed by atoms with van der Waals surface area (Å²) in [7, 11) is 0. The van der Waals surface area contributed by atoms with Crippen LogP contribution < -0.4 is 0 Å². The predicted octanol–water partition coefficient (Wildman–Crippen LogP) is 4.17.